The average Bonchev–Trinajstić information content (AvgIpc) is 2.24. The van der Waals surface area contributed by atoms with Gasteiger partial charge in [-0.3, -0.25) is 4.79 Å². The number of fused-ring (bicyclic) bond motifs is 1. The second-order valence-corrected chi connectivity index (χ2v) is 6.84. The predicted molar refractivity (Wildman–Crippen MR) is 75.0 cm³/mol. The van der Waals surface area contributed by atoms with Gasteiger partial charge in [0.05, 0.1) is 0 Å². The van der Waals surface area contributed by atoms with Crippen molar-refractivity contribution in [2.75, 3.05) is 0 Å². The quantitative estimate of drug-likeness (QED) is 0.809. The molecule has 98 valence electrons. The third-order valence-corrected chi connectivity index (χ3v) is 4.46. The van der Waals surface area contributed by atoms with E-state index in [0.717, 1.165) is 12.0 Å². The number of nitrogens with two attached hydrogens (primary N) is 1. The molecular weight excluding hydrogens is 222 g/mol. The van der Waals surface area contributed by atoms with Gasteiger partial charge in [-0.2, -0.15) is 0 Å². The molecule has 18 heavy (non-hydrogen) atoms. The van der Waals surface area contributed by atoms with E-state index in [1.807, 2.05) is 13.0 Å². The van der Waals surface area contributed by atoms with Gasteiger partial charge in [-0.15, -0.1) is 0 Å². The van der Waals surface area contributed by atoms with Crippen LogP contribution < -0.4 is 5.73 Å². The minimum Gasteiger partial charge on any atom is -0.366 e. The lowest BCUT2D eigenvalue weighted by molar-refractivity contribution is 0.0999. The highest BCUT2D eigenvalue weighted by Crippen LogP contribution is 2.46. The zero-order valence-electron chi connectivity index (χ0n) is 12.1. The Kier molecular flexibility index (Phi) is 2.80. The maximum Gasteiger partial charge on any atom is 0.248 e. The second-order valence-electron chi connectivity index (χ2n) is 6.84. The molecular formula is C16H23NO. The van der Waals surface area contributed by atoms with Gasteiger partial charge in [-0.05, 0) is 53.4 Å². The highest BCUT2D eigenvalue weighted by Gasteiger charge is 2.37. The van der Waals surface area contributed by atoms with Crippen LogP contribution in [0.4, 0.5) is 0 Å². The lowest BCUT2D eigenvalue weighted by Crippen LogP contribution is -2.34. The van der Waals surface area contributed by atoms with Crippen LogP contribution in [0.15, 0.2) is 12.1 Å². The van der Waals surface area contributed by atoms with Crippen LogP contribution in [-0.2, 0) is 10.8 Å². The van der Waals surface area contributed by atoms with E-state index in [9.17, 15) is 4.79 Å². The fraction of sp³-hybridized carbons (Fsp3) is 0.562. The van der Waals surface area contributed by atoms with Crippen LogP contribution in [0.5, 0.6) is 0 Å². The van der Waals surface area contributed by atoms with Crippen LogP contribution in [0, 0.1) is 6.92 Å². The molecule has 1 aliphatic rings. The number of benzene rings is 1. The van der Waals surface area contributed by atoms with Crippen LogP contribution >= 0.6 is 0 Å². The van der Waals surface area contributed by atoms with Crippen molar-refractivity contribution in [3.63, 3.8) is 0 Å². The van der Waals surface area contributed by atoms with Gasteiger partial charge in [-0.25, -0.2) is 0 Å². The van der Waals surface area contributed by atoms with Gasteiger partial charge in [0, 0.05) is 5.56 Å². The summed E-state index contributed by atoms with van der Waals surface area (Å²) >= 11 is 0. The van der Waals surface area contributed by atoms with Crippen molar-refractivity contribution in [3.05, 3.63) is 34.4 Å². The van der Waals surface area contributed by atoms with E-state index >= 15 is 0 Å². The van der Waals surface area contributed by atoms with Crippen molar-refractivity contribution in [2.24, 2.45) is 5.73 Å². The van der Waals surface area contributed by atoms with Crippen molar-refractivity contribution < 1.29 is 4.79 Å². The number of amides is 1. The predicted octanol–water partition coefficient (Wildman–Crippen LogP) is 3.44. The lowest BCUT2D eigenvalue weighted by Gasteiger charge is -2.42. The number of carbonyl (C=O) groups is 1. The molecule has 1 aliphatic carbocycles. The molecule has 2 N–H and O–H groups in total. The fourth-order valence-corrected chi connectivity index (χ4v) is 2.99. The van der Waals surface area contributed by atoms with Gasteiger partial charge in [0.25, 0.3) is 0 Å². The van der Waals surface area contributed by atoms with Crippen molar-refractivity contribution in [3.8, 4) is 0 Å². The Balaban J connectivity index is 2.73. The molecule has 0 radical (unpaired) electrons. The monoisotopic (exact) mass is 245 g/mol. The summed E-state index contributed by atoms with van der Waals surface area (Å²) in [6.07, 6.45) is 2.33. The molecule has 0 aliphatic heterocycles. The second kappa shape index (κ2) is 3.84. The number of aryl methyl sites for hydroxylation is 1. The van der Waals surface area contributed by atoms with E-state index in [1.54, 1.807) is 0 Å². The molecule has 0 saturated heterocycles. The summed E-state index contributed by atoms with van der Waals surface area (Å²) in [5.41, 5.74) is 10.1. The van der Waals surface area contributed by atoms with Crippen LogP contribution in [0.1, 0.15) is 67.6 Å². The van der Waals surface area contributed by atoms with Crippen molar-refractivity contribution in [1.29, 1.82) is 0 Å². The number of hydrogen-bond acceptors (Lipinski definition) is 1. The van der Waals surface area contributed by atoms with Gasteiger partial charge < -0.3 is 5.73 Å². The molecule has 0 aromatic heterocycles. The molecule has 0 atom stereocenters. The normalized spacial score (nSPS) is 20.3. The topological polar surface area (TPSA) is 43.1 Å². The number of hydrogen-bond donors (Lipinski definition) is 1. The molecule has 1 amide bonds. The highest BCUT2D eigenvalue weighted by molar-refractivity contribution is 5.94. The highest BCUT2D eigenvalue weighted by atomic mass is 16.1. The van der Waals surface area contributed by atoms with Gasteiger partial charge in [0.2, 0.25) is 5.91 Å². The number of primary amides is 1. The van der Waals surface area contributed by atoms with E-state index in [0.29, 0.717) is 5.56 Å². The Labute approximate surface area is 110 Å². The Bertz CT molecular complexity index is 512. The summed E-state index contributed by atoms with van der Waals surface area (Å²) in [7, 11) is 0. The zero-order chi connectivity index (χ0) is 13.7. The van der Waals surface area contributed by atoms with Gasteiger partial charge in [0.1, 0.15) is 0 Å². The largest absolute Gasteiger partial charge is 0.366 e. The molecule has 0 spiro atoms. The Morgan fingerprint density at radius 2 is 1.50 bits per heavy atom. The van der Waals surface area contributed by atoms with Crippen LogP contribution in [0.3, 0.4) is 0 Å². The number of rotatable bonds is 1. The third-order valence-electron chi connectivity index (χ3n) is 4.46. The molecule has 0 heterocycles. The Morgan fingerprint density at radius 1 is 1.06 bits per heavy atom. The van der Waals surface area contributed by atoms with Crippen molar-refractivity contribution >= 4 is 5.91 Å². The molecule has 2 heteroatoms. The summed E-state index contributed by atoms with van der Waals surface area (Å²) < 4.78 is 0. The van der Waals surface area contributed by atoms with Crippen molar-refractivity contribution in [1.82, 2.24) is 0 Å². The first-order valence-electron chi connectivity index (χ1n) is 6.60. The van der Waals surface area contributed by atoms with Crippen molar-refractivity contribution in [2.45, 2.75) is 58.3 Å². The van der Waals surface area contributed by atoms with E-state index < -0.39 is 0 Å². The lowest BCUT2D eigenvalue weighted by atomic mass is 9.62. The zero-order valence-corrected chi connectivity index (χ0v) is 12.1. The summed E-state index contributed by atoms with van der Waals surface area (Å²) in [5, 5.41) is 0. The molecule has 1 aromatic carbocycles. The number of carbonyl (C=O) groups excluding carboxylic acids is 1. The summed E-state index contributed by atoms with van der Waals surface area (Å²) in [6, 6.07) is 4.18. The molecule has 2 nitrogen and oxygen atoms in total. The van der Waals surface area contributed by atoms with Gasteiger partial charge >= 0.3 is 0 Å². The first-order valence-corrected chi connectivity index (χ1v) is 6.60. The summed E-state index contributed by atoms with van der Waals surface area (Å²) in [6.45, 7) is 11.0. The molecule has 2 rings (SSSR count). The Morgan fingerprint density at radius 3 is 1.94 bits per heavy atom. The van der Waals surface area contributed by atoms with Crippen LogP contribution in [0.25, 0.3) is 0 Å². The Hall–Kier alpha value is -1.31. The molecule has 0 fully saturated rings. The fourth-order valence-electron chi connectivity index (χ4n) is 2.99. The minimum absolute atomic E-state index is 0.128. The maximum atomic E-state index is 11.5. The van der Waals surface area contributed by atoms with E-state index in [2.05, 4.69) is 33.8 Å². The molecule has 0 saturated carbocycles. The molecule has 1 aromatic rings. The van der Waals surface area contributed by atoms with Gasteiger partial charge in [0.15, 0.2) is 0 Å². The van der Waals surface area contributed by atoms with Gasteiger partial charge in [-0.1, -0.05) is 33.8 Å². The van der Waals surface area contributed by atoms with E-state index in [1.165, 1.54) is 17.5 Å². The van der Waals surface area contributed by atoms with E-state index in [-0.39, 0.29) is 16.7 Å². The van der Waals surface area contributed by atoms with Crippen LogP contribution in [-0.4, -0.2) is 5.91 Å². The minimum atomic E-state index is -0.325. The third kappa shape index (κ3) is 1.94. The average molecular weight is 245 g/mol. The van der Waals surface area contributed by atoms with E-state index in [4.69, 9.17) is 5.73 Å². The first-order chi connectivity index (χ1) is 8.15. The SMILES string of the molecule is Cc1cc2c(cc1C(N)=O)C(C)(C)CCC2(C)C. The first kappa shape index (κ1) is 13.1. The molecule has 0 unspecified atom stereocenters. The summed E-state index contributed by atoms with van der Waals surface area (Å²) in [4.78, 5) is 11.5. The standard InChI is InChI=1S/C16H23NO/c1-10-8-12-13(9-11(10)14(17)18)16(4,5)7-6-15(12,2)3/h8-9H,6-7H2,1-5H3,(H2,17,18). The maximum absolute atomic E-state index is 11.5. The summed E-state index contributed by atoms with van der Waals surface area (Å²) in [5.74, 6) is -0.325. The molecule has 0 bridgehead atoms. The smallest absolute Gasteiger partial charge is 0.248 e. The van der Waals surface area contributed by atoms with Crippen LogP contribution in [0.2, 0.25) is 0 Å².